The summed E-state index contributed by atoms with van der Waals surface area (Å²) in [6.45, 7) is 11.3. The summed E-state index contributed by atoms with van der Waals surface area (Å²) in [5.41, 5.74) is 1.28. The number of anilines is 1. The standard InChI is InChI=1S/C19H27NO4S.C4H10O/c1-4-6-7-8-20(9-11-25-12-10-22-3)17-13-16(21)19-18(24-17)15(5-2)14-23-19;1-3-4-5-2/h5,13-14H,2,4,6-12H2,1,3H3;3-4H2,1-2H3. The van der Waals surface area contributed by atoms with Gasteiger partial charge in [0.15, 0.2) is 11.5 Å². The lowest BCUT2D eigenvalue weighted by Gasteiger charge is -2.23. The third kappa shape index (κ3) is 8.98. The van der Waals surface area contributed by atoms with Crippen molar-refractivity contribution >= 4 is 34.9 Å². The zero-order valence-corrected chi connectivity index (χ0v) is 19.7. The topological polar surface area (TPSA) is 65.1 Å². The Morgan fingerprint density at radius 2 is 1.83 bits per heavy atom. The van der Waals surface area contributed by atoms with E-state index in [1.54, 1.807) is 20.3 Å². The maximum atomic E-state index is 12.3. The summed E-state index contributed by atoms with van der Waals surface area (Å²) in [5.74, 6) is 2.52. The molecular weight excluding hydrogens is 402 g/mol. The average molecular weight is 440 g/mol. The fourth-order valence-corrected chi connectivity index (χ4v) is 3.59. The first-order valence-electron chi connectivity index (χ1n) is 10.6. The predicted molar refractivity (Wildman–Crippen MR) is 128 cm³/mol. The van der Waals surface area contributed by atoms with Gasteiger partial charge in [-0.1, -0.05) is 39.3 Å². The highest BCUT2D eigenvalue weighted by atomic mass is 32.2. The lowest BCUT2D eigenvalue weighted by Crippen LogP contribution is -2.28. The third-order valence-electron chi connectivity index (χ3n) is 4.37. The Balaban J connectivity index is 0.000000804. The molecular formula is C23H37NO5S. The Morgan fingerprint density at radius 3 is 2.43 bits per heavy atom. The van der Waals surface area contributed by atoms with Gasteiger partial charge in [0.05, 0.1) is 18.2 Å². The number of hydrogen-bond donors (Lipinski definition) is 0. The van der Waals surface area contributed by atoms with Crippen LogP contribution in [-0.4, -0.2) is 52.0 Å². The smallest absolute Gasteiger partial charge is 0.230 e. The maximum Gasteiger partial charge on any atom is 0.230 e. The molecule has 0 atom stereocenters. The summed E-state index contributed by atoms with van der Waals surface area (Å²) in [6, 6.07) is 1.53. The van der Waals surface area contributed by atoms with Crippen LogP contribution in [0.1, 0.15) is 45.1 Å². The van der Waals surface area contributed by atoms with Gasteiger partial charge in [-0.25, -0.2) is 0 Å². The Hall–Kier alpha value is -1.70. The largest absolute Gasteiger partial charge is 0.456 e. The second-order valence-corrected chi connectivity index (χ2v) is 8.02. The van der Waals surface area contributed by atoms with Crippen molar-refractivity contribution < 1.29 is 18.3 Å². The number of nitrogens with zero attached hydrogens (tertiary/aromatic N) is 1. The molecule has 0 saturated heterocycles. The summed E-state index contributed by atoms with van der Waals surface area (Å²) in [5, 5.41) is 0. The first-order valence-corrected chi connectivity index (χ1v) is 11.8. The number of methoxy groups -OCH3 is 2. The van der Waals surface area contributed by atoms with E-state index in [4.69, 9.17) is 18.3 Å². The summed E-state index contributed by atoms with van der Waals surface area (Å²) < 4.78 is 21.1. The van der Waals surface area contributed by atoms with E-state index in [1.165, 1.54) is 12.3 Å². The Bertz CT molecular complexity index is 769. The molecule has 2 heterocycles. The van der Waals surface area contributed by atoms with E-state index in [0.29, 0.717) is 17.0 Å². The van der Waals surface area contributed by atoms with Gasteiger partial charge in [0.1, 0.15) is 6.26 Å². The van der Waals surface area contributed by atoms with Crippen molar-refractivity contribution in [1.29, 1.82) is 0 Å². The molecule has 2 aromatic rings. The number of fused-ring (bicyclic) bond motifs is 1. The highest BCUT2D eigenvalue weighted by molar-refractivity contribution is 7.99. The van der Waals surface area contributed by atoms with Gasteiger partial charge in [0.2, 0.25) is 11.0 Å². The molecule has 0 fully saturated rings. The number of unbranched alkanes of at least 4 members (excludes halogenated alkanes) is 2. The Kier molecular flexibility index (Phi) is 14.1. The minimum Gasteiger partial charge on any atom is -0.456 e. The molecule has 0 radical (unpaired) electrons. The van der Waals surface area contributed by atoms with E-state index in [2.05, 4.69) is 25.3 Å². The number of ether oxygens (including phenoxy) is 2. The molecule has 6 nitrogen and oxygen atoms in total. The fourth-order valence-electron chi connectivity index (χ4n) is 2.75. The molecule has 170 valence electrons. The lowest BCUT2D eigenvalue weighted by atomic mass is 10.2. The molecule has 0 amide bonds. The lowest BCUT2D eigenvalue weighted by molar-refractivity contribution is 0.199. The van der Waals surface area contributed by atoms with Gasteiger partial charge in [-0.3, -0.25) is 4.79 Å². The van der Waals surface area contributed by atoms with Gasteiger partial charge < -0.3 is 23.2 Å². The van der Waals surface area contributed by atoms with Crippen LogP contribution in [0.4, 0.5) is 5.88 Å². The molecule has 0 bridgehead atoms. The second kappa shape index (κ2) is 16.1. The van der Waals surface area contributed by atoms with Crippen molar-refractivity contribution in [3.8, 4) is 0 Å². The molecule has 0 N–H and O–H groups in total. The SMILES string of the molecule is C=Cc1coc2c(=O)cc(N(CCCCC)CCSCCOC)oc12.CCCOC. The van der Waals surface area contributed by atoms with Crippen LogP contribution in [0.3, 0.4) is 0 Å². The maximum absolute atomic E-state index is 12.3. The van der Waals surface area contributed by atoms with Crippen molar-refractivity contribution in [1.82, 2.24) is 0 Å². The van der Waals surface area contributed by atoms with Gasteiger partial charge in [-0.05, 0) is 12.8 Å². The zero-order valence-electron chi connectivity index (χ0n) is 18.9. The van der Waals surface area contributed by atoms with Crippen LogP contribution < -0.4 is 10.3 Å². The van der Waals surface area contributed by atoms with Gasteiger partial charge in [-0.2, -0.15) is 11.8 Å². The molecule has 2 rings (SSSR count). The normalized spacial score (nSPS) is 10.7. The molecule has 0 aromatic carbocycles. The number of furan rings is 1. The van der Waals surface area contributed by atoms with Crippen LogP contribution in [0.15, 0.2) is 32.5 Å². The molecule has 0 aliphatic heterocycles. The van der Waals surface area contributed by atoms with Gasteiger partial charge in [-0.15, -0.1) is 0 Å². The van der Waals surface area contributed by atoms with Crippen LogP contribution in [0.5, 0.6) is 0 Å². The summed E-state index contributed by atoms with van der Waals surface area (Å²) in [4.78, 5) is 14.5. The van der Waals surface area contributed by atoms with Crippen molar-refractivity contribution in [3.63, 3.8) is 0 Å². The summed E-state index contributed by atoms with van der Waals surface area (Å²) >= 11 is 1.84. The van der Waals surface area contributed by atoms with E-state index in [0.717, 1.165) is 63.5 Å². The molecule has 7 heteroatoms. The third-order valence-corrected chi connectivity index (χ3v) is 5.29. The van der Waals surface area contributed by atoms with Gasteiger partial charge >= 0.3 is 0 Å². The van der Waals surface area contributed by atoms with Crippen molar-refractivity contribution in [2.45, 2.75) is 39.5 Å². The fraction of sp³-hybridized carbons (Fsp3) is 0.609. The Morgan fingerprint density at radius 1 is 1.07 bits per heavy atom. The van der Waals surface area contributed by atoms with Crippen molar-refractivity contribution in [3.05, 3.63) is 34.7 Å². The van der Waals surface area contributed by atoms with Crippen molar-refractivity contribution in [2.75, 3.05) is 56.9 Å². The van der Waals surface area contributed by atoms with E-state index >= 15 is 0 Å². The molecule has 2 aromatic heterocycles. The zero-order chi connectivity index (χ0) is 22.2. The first-order chi connectivity index (χ1) is 14.6. The minimum atomic E-state index is -0.156. The van der Waals surface area contributed by atoms with E-state index in [1.807, 2.05) is 11.8 Å². The minimum absolute atomic E-state index is 0.156. The van der Waals surface area contributed by atoms with Crippen LogP contribution in [0.25, 0.3) is 17.2 Å². The van der Waals surface area contributed by atoms with Crippen LogP contribution in [0.2, 0.25) is 0 Å². The Labute approximate surface area is 184 Å². The highest BCUT2D eigenvalue weighted by Crippen LogP contribution is 2.25. The predicted octanol–water partition coefficient (Wildman–Crippen LogP) is 5.45. The first kappa shape index (κ1) is 26.3. The molecule has 0 unspecified atom stereocenters. The molecule has 0 saturated carbocycles. The van der Waals surface area contributed by atoms with Crippen molar-refractivity contribution in [2.24, 2.45) is 0 Å². The summed E-state index contributed by atoms with van der Waals surface area (Å²) in [6.07, 6.45) is 7.65. The van der Waals surface area contributed by atoms with Gasteiger partial charge in [0.25, 0.3) is 0 Å². The van der Waals surface area contributed by atoms with E-state index in [-0.39, 0.29) is 11.0 Å². The molecule has 0 aliphatic rings. The van der Waals surface area contributed by atoms with Crippen LogP contribution in [-0.2, 0) is 9.47 Å². The highest BCUT2D eigenvalue weighted by Gasteiger charge is 2.16. The van der Waals surface area contributed by atoms with Crippen LogP contribution >= 0.6 is 11.8 Å². The molecule has 30 heavy (non-hydrogen) atoms. The number of hydrogen-bond acceptors (Lipinski definition) is 7. The number of thioether (sulfide) groups is 1. The van der Waals surface area contributed by atoms with Gasteiger partial charge in [0, 0.05) is 45.4 Å². The monoisotopic (exact) mass is 439 g/mol. The quantitative estimate of drug-likeness (QED) is 0.363. The molecule has 0 spiro atoms. The average Bonchev–Trinajstić information content (AvgIpc) is 3.17. The van der Waals surface area contributed by atoms with E-state index in [9.17, 15) is 4.79 Å². The second-order valence-electron chi connectivity index (χ2n) is 6.79. The number of rotatable bonds is 14. The van der Waals surface area contributed by atoms with E-state index < -0.39 is 0 Å². The van der Waals surface area contributed by atoms with Crippen LogP contribution in [0, 0.1) is 0 Å². The summed E-state index contributed by atoms with van der Waals surface area (Å²) in [7, 11) is 3.42. The molecule has 0 aliphatic carbocycles.